The fourth-order valence-corrected chi connectivity index (χ4v) is 1.64. The van der Waals surface area contributed by atoms with Crippen LogP contribution in [0.15, 0.2) is 48.5 Å². The molecule has 2 aromatic carbocycles. The van der Waals surface area contributed by atoms with E-state index in [1.165, 1.54) is 6.07 Å². The summed E-state index contributed by atoms with van der Waals surface area (Å²) in [5.74, 6) is -0.646. The van der Waals surface area contributed by atoms with Gasteiger partial charge >= 0.3 is 0 Å². The van der Waals surface area contributed by atoms with Crippen molar-refractivity contribution in [2.24, 2.45) is 0 Å². The Kier molecular flexibility index (Phi) is 4.36. The van der Waals surface area contributed by atoms with Crippen molar-refractivity contribution < 1.29 is 9.18 Å². The van der Waals surface area contributed by atoms with Gasteiger partial charge in [0, 0.05) is 10.7 Å². The highest BCUT2D eigenvalue weighted by atomic mass is 35.5. The molecular formula is C14H12ClFN2O. The molecule has 0 aliphatic heterocycles. The first kappa shape index (κ1) is 13.4. The predicted molar refractivity (Wildman–Crippen MR) is 75.0 cm³/mol. The molecule has 2 aromatic rings. The highest BCUT2D eigenvalue weighted by Gasteiger charge is 2.04. The van der Waals surface area contributed by atoms with Crippen molar-refractivity contribution in [3.05, 3.63) is 59.4 Å². The van der Waals surface area contributed by atoms with E-state index < -0.39 is 0 Å². The van der Waals surface area contributed by atoms with Gasteiger partial charge in [-0.05, 0) is 36.4 Å². The first-order valence-corrected chi connectivity index (χ1v) is 6.07. The van der Waals surface area contributed by atoms with E-state index in [0.29, 0.717) is 16.4 Å². The minimum Gasteiger partial charge on any atom is -0.374 e. The summed E-state index contributed by atoms with van der Waals surface area (Å²) in [5.41, 5.74) is 0.943. The van der Waals surface area contributed by atoms with Gasteiger partial charge in [-0.2, -0.15) is 0 Å². The van der Waals surface area contributed by atoms with Gasteiger partial charge in [-0.3, -0.25) is 4.79 Å². The minimum atomic E-state index is -0.387. The van der Waals surface area contributed by atoms with E-state index in [0.717, 1.165) is 0 Å². The number of carbonyl (C=O) groups excluding carboxylic acids is 1. The van der Waals surface area contributed by atoms with Gasteiger partial charge in [0.15, 0.2) is 0 Å². The molecule has 0 fully saturated rings. The van der Waals surface area contributed by atoms with E-state index in [9.17, 15) is 9.18 Å². The third-order valence-electron chi connectivity index (χ3n) is 2.44. The Labute approximate surface area is 115 Å². The number of amides is 1. The highest BCUT2D eigenvalue weighted by molar-refractivity contribution is 6.30. The fourth-order valence-electron chi connectivity index (χ4n) is 1.52. The zero-order valence-corrected chi connectivity index (χ0v) is 10.7. The van der Waals surface area contributed by atoms with Crippen molar-refractivity contribution in [3.63, 3.8) is 0 Å². The highest BCUT2D eigenvalue weighted by Crippen LogP contribution is 2.14. The molecule has 98 valence electrons. The second kappa shape index (κ2) is 6.20. The first-order chi connectivity index (χ1) is 9.15. The normalized spacial score (nSPS) is 10.0. The summed E-state index contributed by atoms with van der Waals surface area (Å²) >= 11 is 5.74. The van der Waals surface area contributed by atoms with Crippen LogP contribution in [0.1, 0.15) is 0 Å². The Morgan fingerprint density at radius 1 is 1.11 bits per heavy atom. The average molecular weight is 279 g/mol. The molecule has 2 N–H and O–H groups in total. The minimum absolute atomic E-state index is 0.0104. The molecule has 0 aliphatic carbocycles. The van der Waals surface area contributed by atoms with Crippen LogP contribution < -0.4 is 10.6 Å². The molecule has 1 amide bonds. The molecule has 5 heteroatoms. The lowest BCUT2D eigenvalue weighted by Gasteiger charge is -2.08. The zero-order valence-electron chi connectivity index (χ0n) is 9.99. The van der Waals surface area contributed by atoms with Gasteiger partial charge in [0.2, 0.25) is 5.91 Å². The van der Waals surface area contributed by atoms with Crippen LogP contribution in [0.2, 0.25) is 5.02 Å². The standard InChI is InChI=1S/C14H12ClFN2O/c15-10-5-7-11(8-6-10)18-14(19)9-17-13-4-2-1-3-12(13)16/h1-8,17H,9H2,(H,18,19). The summed E-state index contributed by atoms with van der Waals surface area (Å²) in [5, 5.41) is 6.01. The fraction of sp³-hybridized carbons (Fsp3) is 0.0714. The van der Waals surface area contributed by atoms with E-state index in [1.807, 2.05) is 0 Å². The summed E-state index contributed by atoms with van der Waals surface area (Å²) < 4.78 is 13.3. The number of para-hydroxylation sites is 1. The number of carbonyl (C=O) groups is 1. The monoisotopic (exact) mass is 278 g/mol. The number of anilines is 2. The van der Waals surface area contributed by atoms with Crippen molar-refractivity contribution in [2.45, 2.75) is 0 Å². The van der Waals surface area contributed by atoms with E-state index in [1.54, 1.807) is 42.5 Å². The van der Waals surface area contributed by atoms with Crippen LogP contribution in [0.4, 0.5) is 15.8 Å². The van der Waals surface area contributed by atoms with E-state index in [2.05, 4.69) is 10.6 Å². The van der Waals surface area contributed by atoms with E-state index in [-0.39, 0.29) is 18.3 Å². The van der Waals surface area contributed by atoms with Gasteiger partial charge in [-0.1, -0.05) is 23.7 Å². The number of hydrogen-bond acceptors (Lipinski definition) is 2. The molecule has 0 spiro atoms. The second-order valence-corrected chi connectivity index (χ2v) is 4.32. The Balaban J connectivity index is 1.88. The third-order valence-corrected chi connectivity index (χ3v) is 2.69. The summed E-state index contributed by atoms with van der Waals surface area (Å²) in [4.78, 5) is 11.7. The molecule has 0 bridgehead atoms. The van der Waals surface area contributed by atoms with Gasteiger partial charge in [0.25, 0.3) is 0 Å². The number of nitrogens with one attached hydrogen (secondary N) is 2. The summed E-state index contributed by atoms with van der Waals surface area (Å²) in [7, 11) is 0. The van der Waals surface area contributed by atoms with Crippen molar-refractivity contribution in [1.29, 1.82) is 0 Å². The topological polar surface area (TPSA) is 41.1 Å². The Morgan fingerprint density at radius 2 is 1.79 bits per heavy atom. The lowest BCUT2D eigenvalue weighted by Crippen LogP contribution is -2.22. The number of hydrogen-bond donors (Lipinski definition) is 2. The average Bonchev–Trinajstić information content (AvgIpc) is 2.40. The molecule has 0 atom stereocenters. The summed E-state index contributed by atoms with van der Waals surface area (Å²) in [6, 6.07) is 13.0. The predicted octanol–water partition coefficient (Wildman–Crippen LogP) is 3.53. The van der Waals surface area contributed by atoms with E-state index >= 15 is 0 Å². The van der Waals surface area contributed by atoms with Gasteiger partial charge < -0.3 is 10.6 Å². The van der Waals surface area contributed by atoms with Crippen LogP contribution in [-0.4, -0.2) is 12.5 Å². The molecule has 19 heavy (non-hydrogen) atoms. The SMILES string of the molecule is O=C(CNc1ccccc1F)Nc1ccc(Cl)cc1. The van der Waals surface area contributed by atoms with Crippen LogP contribution in [0.25, 0.3) is 0 Å². The first-order valence-electron chi connectivity index (χ1n) is 5.69. The van der Waals surface area contributed by atoms with E-state index in [4.69, 9.17) is 11.6 Å². The second-order valence-electron chi connectivity index (χ2n) is 3.89. The van der Waals surface area contributed by atoms with Crippen LogP contribution >= 0.6 is 11.6 Å². The summed E-state index contributed by atoms with van der Waals surface area (Å²) in [6.45, 7) is -0.0104. The van der Waals surface area contributed by atoms with Crippen molar-refractivity contribution in [1.82, 2.24) is 0 Å². The van der Waals surface area contributed by atoms with Gasteiger partial charge in [-0.15, -0.1) is 0 Å². The molecule has 3 nitrogen and oxygen atoms in total. The molecule has 0 radical (unpaired) electrons. The molecule has 0 aliphatic rings. The lowest BCUT2D eigenvalue weighted by molar-refractivity contribution is -0.114. The molecule has 0 heterocycles. The maximum atomic E-state index is 13.3. The Morgan fingerprint density at radius 3 is 2.47 bits per heavy atom. The molecular weight excluding hydrogens is 267 g/mol. The summed E-state index contributed by atoms with van der Waals surface area (Å²) in [6.07, 6.45) is 0. The van der Waals surface area contributed by atoms with Gasteiger partial charge in [0.1, 0.15) is 5.82 Å². The van der Waals surface area contributed by atoms with Crippen molar-refractivity contribution in [2.75, 3.05) is 17.2 Å². The molecule has 0 saturated heterocycles. The quantitative estimate of drug-likeness (QED) is 0.898. The van der Waals surface area contributed by atoms with Crippen LogP contribution in [0, 0.1) is 5.82 Å². The Hall–Kier alpha value is -2.07. The lowest BCUT2D eigenvalue weighted by atomic mass is 10.3. The molecule has 0 aromatic heterocycles. The Bertz CT molecular complexity index is 572. The number of benzene rings is 2. The van der Waals surface area contributed by atoms with Crippen LogP contribution in [-0.2, 0) is 4.79 Å². The molecule has 0 saturated carbocycles. The van der Waals surface area contributed by atoms with Crippen molar-refractivity contribution >= 4 is 28.9 Å². The van der Waals surface area contributed by atoms with Crippen LogP contribution in [0.3, 0.4) is 0 Å². The third kappa shape index (κ3) is 3.96. The van der Waals surface area contributed by atoms with Gasteiger partial charge in [0.05, 0.1) is 12.2 Å². The number of halogens is 2. The van der Waals surface area contributed by atoms with Crippen LogP contribution in [0.5, 0.6) is 0 Å². The van der Waals surface area contributed by atoms with Gasteiger partial charge in [-0.25, -0.2) is 4.39 Å². The zero-order chi connectivity index (χ0) is 13.7. The molecule has 2 rings (SSSR count). The number of rotatable bonds is 4. The maximum absolute atomic E-state index is 13.3. The smallest absolute Gasteiger partial charge is 0.243 e. The molecule has 0 unspecified atom stereocenters. The maximum Gasteiger partial charge on any atom is 0.243 e. The largest absolute Gasteiger partial charge is 0.374 e. The van der Waals surface area contributed by atoms with Crippen molar-refractivity contribution in [3.8, 4) is 0 Å².